The van der Waals surface area contributed by atoms with Crippen molar-refractivity contribution in [1.82, 2.24) is 4.90 Å². The second-order valence-electron chi connectivity index (χ2n) is 6.56. The van der Waals surface area contributed by atoms with E-state index in [1.54, 1.807) is 0 Å². The van der Waals surface area contributed by atoms with Crippen LogP contribution >= 0.6 is 0 Å². The number of rotatable bonds is 4. The number of hydrogen-bond acceptors (Lipinski definition) is 3. The average Bonchev–Trinajstić information content (AvgIpc) is 2.64. The summed E-state index contributed by atoms with van der Waals surface area (Å²) >= 11 is 0. The topological polar surface area (TPSA) is 38.5 Å². The van der Waals surface area contributed by atoms with E-state index in [2.05, 4.69) is 18.7 Å². The van der Waals surface area contributed by atoms with Crippen LogP contribution in [0.3, 0.4) is 0 Å². The first-order valence-electron chi connectivity index (χ1n) is 8.30. The molecule has 2 aliphatic heterocycles. The summed E-state index contributed by atoms with van der Waals surface area (Å²) in [6.45, 7) is 7.56. The highest BCUT2D eigenvalue weighted by Gasteiger charge is 2.42. The van der Waals surface area contributed by atoms with Crippen LogP contribution in [0.2, 0.25) is 0 Å². The van der Waals surface area contributed by atoms with Crippen LogP contribution in [-0.4, -0.2) is 42.3 Å². The van der Waals surface area contributed by atoms with Crippen molar-refractivity contribution in [3.63, 3.8) is 0 Å². The zero-order valence-corrected chi connectivity index (χ0v) is 12.9. The summed E-state index contributed by atoms with van der Waals surface area (Å²) in [5.74, 6) is 0. The van der Waals surface area contributed by atoms with E-state index in [0.29, 0.717) is 12.1 Å². The number of likely N-dealkylation sites (tertiary alicyclic amines) is 1. The second kappa shape index (κ2) is 7.05. The molecule has 2 saturated heterocycles. The smallest absolute Gasteiger partial charge is 0.0593 e. The molecule has 2 aliphatic rings. The van der Waals surface area contributed by atoms with Gasteiger partial charge < -0.3 is 10.5 Å². The van der Waals surface area contributed by atoms with Gasteiger partial charge in [0.05, 0.1) is 6.10 Å². The maximum atomic E-state index is 6.24. The van der Waals surface area contributed by atoms with Crippen LogP contribution in [-0.2, 0) is 4.74 Å². The molecular weight excluding hydrogens is 236 g/mol. The monoisotopic (exact) mass is 268 g/mol. The van der Waals surface area contributed by atoms with Crippen molar-refractivity contribution in [3.8, 4) is 0 Å². The summed E-state index contributed by atoms with van der Waals surface area (Å²) in [5, 5.41) is 0. The lowest BCUT2D eigenvalue weighted by atomic mass is 9.82. The number of nitrogens with zero attached hydrogens (tertiary/aromatic N) is 1. The molecule has 2 fully saturated rings. The van der Waals surface area contributed by atoms with Gasteiger partial charge in [-0.2, -0.15) is 0 Å². The molecule has 19 heavy (non-hydrogen) atoms. The Balaban J connectivity index is 2.10. The average molecular weight is 268 g/mol. The molecule has 2 N–H and O–H groups in total. The van der Waals surface area contributed by atoms with Gasteiger partial charge in [-0.25, -0.2) is 0 Å². The van der Waals surface area contributed by atoms with Crippen molar-refractivity contribution < 1.29 is 4.74 Å². The van der Waals surface area contributed by atoms with Crippen LogP contribution in [0.15, 0.2) is 0 Å². The summed E-state index contributed by atoms with van der Waals surface area (Å²) < 4.78 is 5.95. The highest BCUT2D eigenvalue weighted by Crippen LogP contribution is 2.35. The maximum Gasteiger partial charge on any atom is 0.0593 e. The van der Waals surface area contributed by atoms with Crippen LogP contribution < -0.4 is 5.73 Å². The third kappa shape index (κ3) is 3.50. The van der Waals surface area contributed by atoms with Crippen LogP contribution in [0.1, 0.15) is 65.2 Å². The van der Waals surface area contributed by atoms with Gasteiger partial charge in [0.25, 0.3) is 0 Å². The first kappa shape index (κ1) is 15.3. The van der Waals surface area contributed by atoms with Crippen molar-refractivity contribution in [2.45, 2.75) is 82.9 Å². The molecule has 0 aromatic rings. The van der Waals surface area contributed by atoms with E-state index in [4.69, 9.17) is 10.5 Å². The molecule has 0 bridgehead atoms. The molecule has 2 heterocycles. The Morgan fingerprint density at radius 2 is 2.16 bits per heavy atom. The third-order valence-corrected chi connectivity index (χ3v) is 5.18. The molecule has 112 valence electrons. The lowest BCUT2D eigenvalue weighted by Gasteiger charge is -2.50. The van der Waals surface area contributed by atoms with Crippen molar-refractivity contribution in [3.05, 3.63) is 0 Å². The predicted octanol–water partition coefficient (Wildman–Crippen LogP) is 2.93. The summed E-state index contributed by atoms with van der Waals surface area (Å²) in [6, 6.07) is 0.687. The minimum absolute atomic E-state index is 0.210. The summed E-state index contributed by atoms with van der Waals surface area (Å²) in [7, 11) is 0. The van der Waals surface area contributed by atoms with Gasteiger partial charge in [0.15, 0.2) is 0 Å². The fraction of sp³-hybridized carbons (Fsp3) is 1.00. The van der Waals surface area contributed by atoms with Crippen LogP contribution in [0, 0.1) is 0 Å². The van der Waals surface area contributed by atoms with Gasteiger partial charge in [-0.15, -0.1) is 0 Å². The lowest BCUT2D eigenvalue weighted by molar-refractivity contribution is -0.0836. The molecule has 0 aromatic carbocycles. The molecule has 0 radical (unpaired) electrons. The number of nitrogens with two attached hydrogens (primary N) is 1. The fourth-order valence-electron chi connectivity index (χ4n) is 4.05. The van der Waals surface area contributed by atoms with Gasteiger partial charge in [0.2, 0.25) is 0 Å². The van der Waals surface area contributed by atoms with Crippen molar-refractivity contribution in [2.24, 2.45) is 5.73 Å². The first-order chi connectivity index (χ1) is 9.22. The molecular formula is C16H32N2O. The lowest BCUT2D eigenvalue weighted by Crippen LogP contribution is -2.61. The summed E-state index contributed by atoms with van der Waals surface area (Å²) in [6.07, 6.45) is 10.5. The molecule has 0 aliphatic carbocycles. The Labute approximate surface area is 118 Å². The van der Waals surface area contributed by atoms with E-state index in [1.807, 2.05) is 0 Å². The Bertz CT molecular complexity index is 269. The Kier molecular flexibility index (Phi) is 5.67. The summed E-state index contributed by atoms with van der Waals surface area (Å²) in [4.78, 5) is 2.74. The molecule has 0 amide bonds. The Hall–Kier alpha value is -0.120. The molecule has 3 unspecified atom stereocenters. The number of hydrogen-bond donors (Lipinski definition) is 1. The van der Waals surface area contributed by atoms with E-state index in [0.717, 1.165) is 26.0 Å². The standard InChI is InChI=1S/C16H32N2O/c1-3-7-15-12-16(13-17,9-11-19-15)18-10-6-4-5-8-14(18)2/h14-15H,3-13,17H2,1-2H3. The highest BCUT2D eigenvalue weighted by molar-refractivity contribution is 4.98. The largest absolute Gasteiger partial charge is 0.378 e. The van der Waals surface area contributed by atoms with E-state index >= 15 is 0 Å². The van der Waals surface area contributed by atoms with Gasteiger partial charge in [-0.3, -0.25) is 4.90 Å². The Morgan fingerprint density at radius 3 is 2.89 bits per heavy atom. The minimum atomic E-state index is 0.210. The molecule has 2 rings (SSSR count). The first-order valence-corrected chi connectivity index (χ1v) is 8.30. The quantitative estimate of drug-likeness (QED) is 0.852. The van der Waals surface area contributed by atoms with Crippen molar-refractivity contribution >= 4 is 0 Å². The second-order valence-corrected chi connectivity index (χ2v) is 6.56. The van der Waals surface area contributed by atoms with Crippen LogP contribution in [0.5, 0.6) is 0 Å². The van der Waals surface area contributed by atoms with Gasteiger partial charge in [0.1, 0.15) is 0 Å². The zero-order chi connectivity index (χ0) is 13.7. The molecule has 0 spiro atoms. The third-order valence-electron chi connectivity index (χ3n) is 5.18. The van der Waals surface area contributed by atoms with E-state index < -0.39 is 0 Å². The van der Waals surface area contributed by atoms with E-state index in [9.17, 15) is 0 Å². The van der Waals surface area contributed by atoms with E-state index in [-0.39, 0.29) is 5.54 Å². The highest BCUT2D eigenvalue weighted by atomic mass is 16.5. The summed E-state index contributed by atoms with van der Waals surface area (Å²) in [5.41, 5.74) is 6.45. The van der Waals surface area contributed by atoms with Gasteiger partial charge in [-0.05, 0) is 45.6 Å². The van der Waals surface area contributed by atoms with Crippen LogP contribution in [0.4, 0.5) is 0 Å². The van der Waals surface area contributed by atoms with Gasteiger partial charge in [0, 0.05) is 24.7 Å². The Morgan fingerprint density at radius 1 is 1.32 bits per heavy atom. The fourth-order valence-corrected chi connectivity index (χ4v) is 4.05. The SMILES string of the molecule is CCCC1CC(CN)(N2CCCCCC2C)CCO1. The molecule has 0 saturated carbocycles. The number of ether oxygens (including phenoxy) is 1. The van der Waals surface area contributed by atoms with Crippen molar-refractivity contribution in [2.75, 3.05) is 19.7 Å². The maximum absolute atomic E-state index is 6.24. The predicted molar refractivity (Wildman–Crippen MR) is 80.3 cm³/mol. The normalized spacial score (nSPS) is 38.1. The van der Waals surface area contributed by atoms with E-state index in [1.165, 1.54) is 45.1 Å². The molecule has 3 nitrogen and oxygen atoms in total. The molecule has 0 aromatic heterocycles. The molecule has 3 atom stereocenters. The van der Waals surface area contributed by atoms with Gasteiger partial charge >= 0.3 is 0 Å². The van der Waals surface area contributed by atoms with Crippen molar-refractivity contribution in [1.29, 1.82) is 0 Å². The zero-order valence-electron chi connectivity index (χ0n) is 12.9. The minimum Gasteiger partial charge on any atom is -0.378 e. The van der Waals surface area contributed by atoms with Crippen LogP contribution in [0.25, 0.3) is 0 Å². The van der Waals surface area contributed by atoms with Gasteiger partial charge in [-0.1, -0.05) is 26.2 Å². The molecule has 3 heteroatoms.